The second-order valence-electron chi connectivity index (χ2n) is 7.44. The molecule has 24 heavy (non-hydrogen) atoms. The maximum absolute atomic E-state index is 12.1. The van der Waals surface area contributed by atoms with Crippen LogP contribution in [0.5, 0.6) is 5.75 Å². The molecule has 6 heteroatoms. The quantitative estimate of drug-likeness (QED) is 0.856. The van der Waals surface area contributed by atoms with Crippen LogP contribution in [0.4, 0.5) is 16.2 Å². The number of nitrogens with one attached hydrogen (secondary N) is 1. The molecule has 2 aliphatic rings. The van der Waals surface area contributed by atoms with Crippen molar-refractivity contribution in [3.8, 4) is 5.75 Å². The highest BCUT2D eigenvalue weighted by Gasteiger charge is 2.26. The lowest BCUT2D eigenvalue weighted by molar-refractivity contribution is 0.0240. The van der Waals surface area contributed by atoms with E-state index in [2.05, 4.69) is 29.3 Å². The van der Waals surface area contributed by atoms with E-state index in [0.717, 1.165) is 36.8 Å². The van der Waals surface area contributed by atoms with Gasteiger partial charge in [0.2, 0.25) is 0 Å². The maximum atomic E-state index is 12.1. The number of hydrogen-bond donors (Lipinski definition) is 1. The van der Waals surface area contributed by atoms with Crippen molar-refractivity contribution in [2.45, 2.75) is 39.4 Å². The molecule has 2 aliphatic heterocycles. The second-order valence-corrected chi connectivity index (χ2v) is 7.44. The number of ether oxygens (including phenoxy) is 2. The number of piperazine rings is 1. The topological polar surface area (TPSA) is 54.0 Å². The van der Waals surface area contributed by atoms with Crippen LogP contribution in [0.25, 0.3) is 0 Å². The highest BCUT2D eigenvalue weighted by Crippen LogP contribution is 2.33. The van der Waals surface area contributed by atoms with E-state index in [9.17, 15) is 4.79 Å². The van der Waals surface area contributed by atoms with Gasteiger partial charge < -0.3 is 24.6 Å². The van der Waals surface area contributed by atoms with Gasteiger partial charge in [-0.1, -0.05) is 0 Å². The molecule has 3 rings (SSSR count). The van der Waals surface area contributed by atoms with Crippen LogP contribution in [0.3, 0.4) is 0 Å². The molecule has 1 amide bonds. The van der Waals surface area contributed by atoms with Crippen LogP contribution in [0, 0.1) is 0 Å². The number of amides is 1. The molecule has 0 aliphatic carbocycles. The molecule has 0 bridgehead atoms. The predicted octanol–water partition coefficient (Wildman–Crippen LogP) is 2.94. The fraction of sp³-hybridized carbons (Fsp3) is 0.611. The van der Waals surface area contributed by atoms with E-state index in [1.54, 1.807) is 4.90 Å². The zero-order chi connectivity index (χ0) is 17.3. The number of hydrogen-bond acceptors (Lipinski definition) is 5. The molecule has 0 spiro atoms. The molecule has 0 radical (unpaired) electrons. The van der Waals surface area contributed by atoms with Crippen molar-refractivity contribution in [1.82, 2.24) is 4.90 Å². The van der Waals surface area contributed by atoms with Crippen LogP contribution >= 0.6 is 0 Å². The van der Waals surface area contributed by atoms with E-state index < -0.39 is 5.60 Å². The van der Waals surface area contributed by atoms with Gasteiger partial charge in [-0.25, -0.2) is 4.79 Å². The van der Waals surface area contributed by atoms with Gasteiger partial charge >= 0.3 is 6.09 Å². The van der Waals surface area contributed by atoms with Gasteiger partial charge in [-0.05, 0) is 45.9 Å². The van der Waals surface area contributed by atoms with Gasteiger partial charge in [0, 0.05) is 31.9 Å². The Morgan fingerprint density at radius 3 is 2.62 bits per heavy atom. The van der Waals surface area contributed by atoms with Crippen LogP contribution < -0.4 is 15.0 Å². The van der Waals surface area contributed by atoms with Gasteiger partial charge in [-0.2, -0.15) is 0 Å². The largest absolute Gasteiger partial charge is 0.487 e. The van der Waals surface area contributed by atoms with E-state index in [1.165, 1.54) is 0 Å². The number of nitrogens with zero attached hydrogens (tertiary/aromatic N) is 2. The average molecular weight is 333 g/mol. The van der Waals surface area contributed by atoms with Crippen LogP contribution in [-0.4, -0.2) is 55.4 Å². The van der Waals surface area contributed by atoms with Crippen LogP contribution in [-0.2, 0) is 4.74 Å². The third kappa shape index (κ3) is 3.86. The third-order valence-corrected chi connectivity index (χ3v) is 4.17. The maximum Gasteiger partial charge on any atom is 0.410 e. The fourth-order valence-corrected chi connectivity index (χ4v) is 2.94. The zero-order valence-electron chi connectivity index (χ0n) is 15.0. The van der Waals surface area contributed by atoms with Crippen molar-refractivity contribution in [3.05, 3.63) is 18.2 Å². The summed E-state index contributed by atoms with van der Waals surface area (Å²) in [5.41, 5.74) is 1.75. The summed E-state index contributed by atoms with van der Waals surface area (Å²) in [5, 5.41) is 3.41. The lowest BCUT2D eigenvalue weighted by atomic mass is 10.2. The van der Waals surface area contributed by atoms with Crippen molar-refractivity contribution in [2.75, 3.05) is 42.9 Å². The molecule has 1 fully saturated rings. The summed E-state index contributed by atoms with van der Waals surface area (Å²) in [5.74, 6) is 0.907. The van der Waals surface area contributed by atoms with Crippen LogP contribution in [0.15, 0.2) is 18.2 Å². The van der Waals surface area contributed by atoms with Gasteiger partial charge in [-0.15, -0.1) is 0 Å². The lowest BCUT2D eigenvalue weighted by Gasteiger charge is -2.37. The van der Waals surface area contributed by atoms with Crippen molar-refractivity contribution < 1.29 is 14.3 Å². The molecule has 1 unspecified atom stereocenters. The predicted molar refractivity (Wildman–Crippen MR) is 95.0 cm³/mol. The van der Waals surface area contributed by atoms with E-state index in [1.807, 2.05) is 26.8 Å². The first-order valence-electron chi connectivity index (χ1n) is 8.59. The highest BCUT2D eigenvalue weighted by atomic mass is 16.6. The van der Waals surface area contributed by atoms with E-state index in [0.29, 0.717) is 13.1 Å². The molecule has 0 saturated carbocycles. The number of benzene rings is 1. The summed E-state index contributed by atoms with van der Waals surface area (Å²) >= 11 is 0. The average Bonchev–Trinajstić information content (AvgIpc) is 2.53. The standard InChI is InChI=1S/C18H27N3O3/c1-13-12-19-15-11-14(5-6-16(15)23-13)20-7-9-21(10-8-20)17(22)24-18(2,3)4/h5-6,11,13,19H,7-10,12H2,1-4H3. The molecule has 1 N–H and O–H groups in total. The summed E-state index contributed by atoms with van der Waals surface area (Å²) < 4.78 is 11.3. The van der Waals surface area contributed by atoms with Gasteiger partial charge in [0.15, 0.2) is 0 Å². The van der Waals surface area contributed by atoms with Crippen LogP contribution in [0.2, 0.25) is 0 Å². The van der Waals surface area contributed by atoms with Crippen LogP contribution in [0.1, 0.15) is 27.7 Å². The SMILES string of the molecule is CC1CNc2cc(N3CCN(C(=O)OC(C)(C)C)CC3)ccc2O1. The number of carbonyl (C=O) groups excluding carboxylic acids is 1. The summed E-state index contributed by atoms with van der Waals surface area (Å²) in [6.45, 7) is 11.5. The minimum absolute atomic E-state index is 0.195. The van der Waals surface area contributed by atoms with E-state index in [4.69, 9.17) is 9.47 Å². The molecule has 1 saturated heterocycles. The lowest BCUT2D eigenvalue weighted by Crippen LogP contribution is -2.50. The number of anilines is 2. The van der Waals surface area contributed by atoms with Crippen molar-refractivity contribution in [2.24, 2.45) is 0 Å². The summed E-state index contributed by atoms with van der Waals surface area (Å²) in [4.78, 5) is 16.2. The van der Waals surface area contributed by atoms with Gasteiger partial charge in [-0.3, -0.25) is 0 Å². The van der Waals surface area contributed by atoms with E-state index in [-0.39, 0.29) is 12.2 Å². The van der Waals surface area contributed by atoms with Crippen molar-refractivity contribution in [3.63, 3.8) is 0 Å². The normalized spacial score (nSPS) is 20.8. The first-order valence-corrected chi connectivity index (χ1v) is 8.59. The Morgan fingerprint density at radius 1 is 1.25 bits per heavy atom. The number of fused-ring (bicyclic) bond motifs is 1. The Labute approximate surface area is 143 Å². The molecular weight excluding hydrogens is 306 g/mol. The second kappa shape index (κ2) is 6.42. The highest BCUT2D eigenvalue weighted by molar-refractivity contribution is 5.70. The Morgan fingerprint density at radius 2 is 1.96 bits per heavy atom. The van der Waals surface area contributed by atoms with Crippen molar-refractivity contribution >= 4 is 17.5 Å². The smallest absolute Gasteiger partial charge is 0.410 e. The van der Waals surface area contributed by atoms with Gasteiger partial charge in [0.05, 0.1) is 12.2 Å². The molecule has 132 valence electrons. The van der Waals surface area contributed by atoms with Crippen molar-refractivity contribution in [1.29, 1.82) is 0 Å². The Balaban J connectivity index is 1.60. The molecule has 2 heterocycles. The number of carbonyl (C=O) groups is 1. The fourth-order valence-electron chi connectivity index (χ4n) is 2.94. The number of rotatable bonds is 1. The first kappa shape index (κ1) is 16.7. The van der Waals surface area contributed by atoms with E-state index >= 15 is 0 Å². The Kier molecular flexibility index (Phi) is 4.47. The summed E-state index contributed by atoms with van der Waals surface area (Å²) in [6, 6.07) is 6.24. The van der Waals surface area contributed by atoms with Gasteiger partial charge in [0.1, 0.15) is 17.5 Å². The molecule has 1 atom stereocenters. The summed E-state index contributed by atoms with van der Waals surface area (Å²) in [6.07, 6.45) is -0.0302. The molecule has 1 aromatic rings. The third-order valence-electron chi connectivity index (χ3n) is 4.17. The summed E-state index contributed by atoms with van der Waals surface area (Å²) in [7, 11) is 0. The molecule has 6 nitrogen and oxygen atoms in total. The minimum Gasteiger partial charge on any atom is -0.487 e. The molecule has 1 aromatic carbocycles. The zero-order valence-corrected chi connectivity index (χ0v) is 15.0. The van der Waals surface area contributed by atoms with Gasteiger partial charge in [0.25, 0.3) is 0 Å². The first-order chi connectivity index (χ1) is 11.3. The molecule has 0 aromatic heterocycles. The molecular formula is C18H27N3O3. The minimum atomic E-state index is -0.449. The Bertz CT molecular complexity index is 604. The Hall–Kier alpha value is -2.11. The monoisotopic (exact) mass is 333 g/mol.